The van der Waals surface area contributed by atoms with Crippen LogP contribution in [0.1, 0.15) is 32.1 Å². The van der Waals surface area contributed by atoms with Gasteiger partial charge in [-0.3, -0.25) is 4.90 Å². The van der Waals surface area contributed by atoms with E-state index in [0.717, 1.165) is 19.3 Å². The van der Waals surface area contributed by atoms with Crippen LogP contribution in [-0.2, 0) is 0 Å². The normalized spacial score (nSPS) is 19.4. The van der Waals surface area contributed by atoms with Crippen LogP contribution < -0.4 is 5.73 Å². The van der Waals surface area contributed by atoms with Crippen molar-refractivity contribution in [2.24, 2.45) is 5.73 Å². The minimum Gasteiger partial charge on any atom is -0.396 e. The highest BCUT2D eigenvalue weighted by Gasteiger charge is 2.45. The quantitative estimate of drug-likeness (QED) is 0.724. The molecule has 1 rings (SSSR count). The van der Waals surface area contributed by atoms with Gasteiger partial charge < -0.3 is 10.8 Å². The lowest BCUT2D eigenvalue weighted by Gasteiger charge is -2.43. The number of aliphatic hydroxyl groups is 1. The number of aliphatic hydroxyl groups excluding tert-OH is 1. The third-order valence-electron chi connectivity index (χ3n) is 3.34. The third kappa shape index (κ3) is 4.12. The monoisotopic (exact) mass is 254 g/mol. The molecule has 0 amide bonds. The van der Waals surface area contributed by atoms with Crippen LogP contribution in [0.4, 0.5) is 13.2 Å². The Labute approximate surface area is 99.8 Å². The maximum atomic E-state index is 12.9. The van der Waals surface area contributed by atoms with Gasteiger partial charge in [-0.2, -0.15) is 13.2 Å². The molecule has 1 aliphatic carbocycles. The van der Waals surface area contributed by atoms with Crippen molar-refractivity contribution in [2.45, 2.75) is 50.4 Å². The van der Waals surface area contributed by atoms with Gasteiger partial charge in [-0.05, 0) is 32.2 Å². The number of nitrogens with two attached hydrogens (primary N) is 1. The van der Waals surface area contributed by atoms with Crippen LogP contribution in [0, 0.1) is 0 Å². The predicted molar refractivity (Wildman–Crippen MR) is 59.6 cm³/mol. The smallest absolute Gasteiger partial charge is 0.396 e. The lowest BCUT2D eigenvalue weighted by Crippen LogP contribution is -2.54. The molecule has 0 aliphatic heterocycles. The van der Waals surface area contributed by atoms with Gasteiger partial charge >= 0.3 is 6.18 Å². The van der Waals surface area contributed by atoms with Crippen molar-refractivity contribution in [2.75, 3.05) is 19.7 Å². The SMILES string of the molecule is NCCC(N(CCCO)C1CCC1)C(F)(F)F. The summed E-state index contributed by atoms with van der Waals surface area (Å²) in [6.07, 6.45) is -1.28. The number of hydrogen-bond donors (Lipinski definition) is 2. The Kier molecular flexibility index (Phi) is 5.69. The van der Waals surface area contributed by atoms with Crippen LogP contribution in [-0.4, -0.2) is 48.0 Å². The van der Waals surface area contributed by atoms with Gasteiger partial charge in [0.1, 0.15) is 6.04 Å². The molecule has 0 bridgehead atoms. The Hall–Kier alpha value is -0.330. The molecular weight excluding hydrogens is 233 g/mol. The van der Waals surface area contributed by atoms with Gasteiger partial charge in [0.05, 0.1) is 0 Å². The van der Waals surface area contributed by atoms with Gasteiger partial charge in [-0.1, -0.05) is 6.42 Å². The van der Waals surface area contributed by atoms with E-state index in [1.807, 2.05) is 0 Å². The Bertz CT molecular complexity index is 219. The largest absolute Gasteiger partial charge is 0.404 e. The Morgan fingerprint density at radius 2 is 2.00 bits per heavy atom. The van der Waals surface area contributed by atoms with E-state index in [1.165, 1.54) is 4.90 Å². The van der Waals surface area contributed by atoms with E-state index in [2.05, 4.69) is 0 Å². The molecule has 0 spiro atoms. The molecule has 0 aromatic rings. The van der Waals surface area contributed by atoms with Crippen molar-refractivity contribution in [1.82, 2.24) is 4.90 Å². The van der Waals surface area contributed by atoms with Crippen molar-refractivity contribution in [3.63, 3.8) is 0 Å². The summed E-state index contributed by atoms with van der Waals surface area (Å²) < 4.78 is 38.8. The fourth-order valence-corrected chi connectivity index (χ4v) is 2.24. The van der Waals surface area contributed by atoms with E-state index >= 15 is 0 Å². The third-order valence-corrected chi connectivity index (χ3v) is 3.34. The lowest BCUT2D eigenvalue weighted by atomic mass is 9.89. The maximum absolute atomic E-state index is 12.9. The first-order valence-electron chi connectivity index (χ1n) is 6.14. The number of alkyl halides is 3. The van der Waals surface area contributed by atoms with E-state index in [0.29, 0.717) is 13.0 Å². The molecule has 0 aromatic heterocycles. The molecule has 1 aliphatic rings. The van der Waals surface area contributed by atoms with Gasteiger partial charge in [0.15, 0.2) is 0 Å². The average molecular weight is 254 g/mol. The molecule has 6 heteroatoms. The topological polar surface area (TPSA) is 49.5 Å². The van der Waals surface area contributed by atoms with Gasteiger partial charge in [-0.15, -0.1) is 0 Å². The van der Waals surface area contributed by atoms with Crippen molar-refractivity contribution < 1.29 is 18.3 Å². The summed E-state index contributed by atoms with van der Waals surface area (Å²) in [5.41, 5.74) is 5.28. The summed E-state index contributed by atoms with van der Waals surface area (Å²) in [4.78, 5) is 1.49. The molecule has 102 valence electrons. The van der Waals surface area contributed by atoms with E-state index < -0.39 is 12.2 Å². The second kappa shape index (κ2) is 6.56. The minimum atomic E-state index is -4.23. The van der Waals surface area contributed by atoms with Crippen molar-refractivity contribution in [3.05, 3.63) is 0 Å². The zero-order valence-corrected chi connectivity index (χ0v) is 9.92. The molecule has 0 heterocycles. The Balaban J connectivity index is 2.68. The van der Waals surface area contributed by atoms with Crippen LogP contribution in [0.25, 0.3) is 0 Å². The zero-order valence-electron chi connectivity index (χ0n) is 9.92. The standard InChI is InChI=1S/C11H21F3N2O/c12-11(13,14)10(5-6-15)16(7-2-8-17)9-3-1-4-9/h9-10,17H,1-8,15H2. The zero-order chi connectivity index (χ0) is 12.9. The molecule has 0 saturated heterocycles. The van der Waals surface area contributed by atoms with Gasteiger partial charge in [0, 0.05) is 19.2 Å². The molecule has 17 heavy (non-hydrogen) atoms. The molecule has 0 aromatic carbocycles. The lowest BCUT2D eigenvalue weighted by molar-refractivity contribution is -0.195. The molecule has 3 N–H and O–H groups in total. The Morgan fingerprint density at radius 3 is 2.35 bits per heavy atom. The maximum Gasteiger partial charge on any atom is 0.404 e. The average Bonchev–Trinajstić information content (AvgIpc) is 2.16. The van der Waals surface area contributed by atoms with Gasteiger partial charge in [0.2, 0.25) is 0 Å². The first kappa shape index (κ1) is 14.7. The van der Waals surface area contributed by atoms with Crippen LogP contribution in [0.2, 0.25) is 0 Å². The first-order chi connectivity index (χ1) is 8.00. The fraction of sp³-hybridized carbons (Fsp3) is 1.00. The van der Waals surface area contributed by atoms with Crippen molar-refractivity contribution >= 4 is 0 Å². The van der Waals surface area contributed by atoms with Gasteiger partial charge in [-0.25, -0.2) is 0 Å². The van der Waals surface area contributed by atoms with Crippen LogP contribution >= 0.6 is 0 Å². The summed E-state index contributed by atoms with van der Waals surface area (Å²) >= 11 is 0. The van der Waals surface area contributed by atoms with E-state index in [9.17, 15) is 13.2 Å². The molecule has 1 unspecified atom stereocenters. The molecule has 3 nitrogen and oxygen atoms in total. The van der Waals surface area contributed by atoms with Crippen molar-refractivity contribution in [1.29, 1.82) is 0 Å². The second-order valence-electron chi connectivity index (χ2n) is 4.53. The highest BCUT2D eigenvalue weighted by Crippen LogP contribution is 2.34. The molecule has 1 atom stereocenters. The van der Waals surface area contributed by atoms with E-state index in [-0.39, 0.29) is 25.6 Å². The van der Waals surface area contributed by atoms with Gasteiger partial charge in [0.25, 0.3) is 0 Å². The highest BCUT2D eigenvalue weighted by atomic mass is 19.4. The van der Waals surface area contributed by atoms with Crippen LogP contribution in [0.15, 0.2) is 0 Å². The number of nitrogens with zero attached hydrogens (tertiary/aromatic N) is 1. The van der Waals surface area contributed by atoms with Crippen LogP contribution in [0.5, 0.6) is 0 Å². The predicted octanol–water partition coefficient (Wildman–Crippen LogP) is 1.50. The summed E-state index contributed by atoms with van der Waals surface area (Å²) in [7, 11) is 0. The Morgan fingerprint density at radius 1 is 1.35 bits per heavy atom. The molecular formula is C11H21F3N2O. The fourth-order valence-electron chi connectivity index (χ4n) is 2.24. The summed E-state index contributed by atoms with van der Waals surface area (Å²) in [5, 5.41) is 8.77. The first-order valence-corrected chi connectivity index (χ1v) is 6.14. The number of halogens is 3. The number of rotatable bonds is 7. The van der Waals surface area contributed by atoms with Crippen molar-refractivity contribution in [3.8, 4) is 0 Å². The number of hydrogen-bond acceptors (Lipinski definition) is 3. The molecule has 1 fully saturated rings. The molecule has 0 radical (unpaired) electrons. The highest BCUT2D eigenvalue weighted by molar-refractivity contribution is 4.88. The minimum absolute atomic E-state index is 0.0136. The van der Waals surface area contributed by atoms with Crippen LogP contribution in [0.3, 0.4) is 0 Å². The summed E-state index contributed by atoms with van der Waals surface area (Å²) in [6, 6.07) is -1.44. The molecule has 1 saturated carbocycles. The second-order valence-corrected chi connectivity index (χ2v) is 4.53. The van der Waals surface area contributed by atoms with E-state index in [1.54, 1.807) is 0 Å². The summed E-state index contributed by atoms with van der Waals surface area (Å²) in [6.45, 7) is 0.258. The van der Waals surface area contributed by atoms with E-state index in [4.69, 9.17) is 10.8 Å². The summed E-state index contributed by atoms with van der Waals surface area (Å²) in [5.74, 6) is 0.